The van der Waals surface area contributed by atoms with Crippen LogP contribution in [-0.4, -0.2) is 31.3 Å². The van der Waals surface area contributed by atoms with Crippen LogP contribution in [0, 0.1) is 0 Å². The molecular weight excluding hydrogens is 270 g/mol. The molecule has 0 radical (unpaired) electrons. The minimum atomic E-state index is 0.447. The number of anilines is 1. The number of thiophene rings is 1. The van der Waals surface area contributed by atoms with E-state index in [2.05, 4.69) is 9.88 Å². The highest BCUT2D eigenvalue weighted by molar-refractivity contribution is 7.22. The molecule has 0 atom stereocenters. The van der Waals surface area contributed by atoms with E-state index in [1.165, 1.54) is 0 Å². The van der Waals surface area contributed by atoms with Gasteiger partial charge in [0, 0.05) is 29.7 Å². The van der Waals surface area contributed by atoms with Crippen molar-refractivity contribution in [2.75, 3.05) is 31.2 Å². The summed E-state index contributed by atoms with van der Waals surface area (Å²) in [5.41, 5.74) is 6.62. The minimum absolute atomic E-state index is 0.447. The van der Waals surface area contributed by atoms with Crippen molar-refractivity contribution < 1.29 is 4.74 Å². The van der Waals surface area contributed by atoms with Crippen molar-refractivity contribution in [2.24, 2.45) is 5.73 Å². The molecule has 1 aliphatic heterocycles. The van der Waals surface area contributed by atoms with E-state index in [4.69, 9.17) is 22.1 Å². The van der Waals surface area contributed by atoms with Gasteiger partial charge in [0.2, 0.25) is 0 Å². The molecule has 4 nitrogen and oxygen atoms in total. The third-order valence-corrected chi connectivity index (χ3v) is 4.25. The zero-order valence-electron chi connectivity index (χ0n) is 9.86. The number of hydrogen-bond donors (Lipinski definition) is 1. The van der Waals surface area contributed by atoms with Gasteiger partial charge in [-0.15, -0.1) is 11.3 Å². The lowest BCUT2D eigenvalue weighted by molar-refractivity contribution is 0.122. The number of ether oxygens (including phenoxy) is 1. The summed E-state index contributed by atoms with van der Waals surface area (Å²) < 4.78 is 7.31. The van der Waals surface area contributed by atoms with Gasteiger partial charge in [-0.2, -0.15) is 0 Å². The van der Waals surface area contributed by atoms with Gasteiger partial charge in [-0.05, 0) is 12.1 Å². The molecule has 0 aromatic carbocycles. The fourth-order valence-corrected chi connectivity index (χ4v) is 3.36. The number of nitrogens with zero attached hydrogens (tertiary/aromatic N) is 2. The summed E-state index contributed by atoms with van der Waals surface area (Å²) in [6, 6.07) is 4.01. The first kappa shape index (κ1) is 12.2. The lowest BCUT2D eigenvalue weighted by Crippen LogP contribution is -2.37. The van der Waals surface area contributed by atoms with Crippen LogP contribution in [0.4, 0.5) is 5.82 Å². The Morgan fingerprint density at radius 3 is 2.89 bits per heavy atom. The monoisotopic (exact) mass is 283 g/mol. The van der Waals surface area contributed by atoms with Crippen LogP contribution in [0.25, 0.3) is 10.1 Å². The molecule has 0 saturated carbocycles. The quantitative estimate of drug-likeness (QED) is 0.918. The average molecular weight is 284 g/mol. The lowest BCUT2D eigenvalue weighted by atomic mass is 10.2. The van der Waals surface area contributed by atoms with Crippen molar-refractivity contribution in [3.8, 4) is 0 Å². The smallest absolute Gasteiger partial charge is 0.137 e. The van der Waals surface area contributed by atoms with Crippen molar-refractivity contribution in [2.45, 2.75) is 6.54 Å². The Bertz CT molecular complexity index is 566. The second-order valence-electron chi connectivity index (χ2n) is 4.20. The van der Waals surface area contributed by atoms with Gasteiger partial charge < -0.3 is 15.4 Å². The maximum atomic E-state index is 6.11. The first-order chi connectivity index (χ1) is 8.78. The molecule has 0 aliphatic carbocycles. The second kappa shape index (κ2) is 5.01. The second-order valence-corrected chi connectivity index (χ2v) is 5.92. The Kier molecular flexibility index (Phi) is 3.39. The molecule has 96 valence electrons. The lowest BCUT2D eigenvalue weighted by Gasteiger charge is -2.28. The number of aromatic nitrogens is 1. The van der Waals surface area contributed by atoms with Crippen LogP contribution in [-0.2, 0) is 11.3 Å². The maximum Gasteiger partial charge on any atom is 0.137 e. The van der Waals surface area contributed by atoms with E-state index in [0.717, 1.165) is 52.2 Å². The first-order valence-electron chi connectivity index (χ1n) is 5.89. The highest BCUT2D eigenvalue weighted by atomic mass is 35.5. The van der Waals surface area contributed by atoms with Crippen molar-refractivity contribution in [1.29, 1.82) is 0 Å². The molecule has 3 heterocycles. The van der Waals surface area contributed by atoms with Gasteiger partial charge in [0.15, 0.2) is 0 Å². The van der Waals surface area contributed by atoms with Gasteiger partial charge >= 0.3 is 0 Å². The summed E-state index contributed by atoms with van der Waals surface area (Å²) in [6.45, 7) is 3.66. The third-order valence-electron chi connectivity index (χ3n) is 3.04. The number of pyridine rings is 1. The zero-order chi connectivity index (χ0) is 12.5. The van der Waals surface area contributed by atoms with Crippen molar-refractivity contribution in [3.63, 3.8) is 0 Å². The fourth-order valence-electron chi connectivity index (χ4n) is 2.16. The largest absolute Gasteiger partial charge is 0.378 e. The molecule has 2 N–H and O–H groups in total. The summed E-state index contributed by atoms with van der Waals surface area (Å²) in [7, 11) is 0. The van der Waals surface area contributed by atoms with Gasteiger partial charge in [0.1, 0.15) is 5.82 Å². The normalized spacial score (nSPS) is 16.4. The summed E-state index contributed by atoms with van der Waals surface area (Å²) in [5.74, 6) is 0.986. The number of morpholine rings is 1. The van der Waals surface area contributed by atoms with Crippen LogP contribution in [0.1, 0.15) is 5.69 Å². The SMILES string of the molecule is NCc1cc2sc(Cl)cc2c(N2CCOCC2)n1. The number of rotatable bonds is 2. The molecule has 0 bridgehead atoms. The van der Waals surface area contributed by atoms with E-state index in [9.17, 15) is 0 Å². The number of fused-ring (bicyclic) bond motifs is 1. The van der Waals surface area contributed by atoms with E-state index in [-0.39, 0.29) is 0 Å². The predicted molar refractivity (Wildman–Crippen MR) is 75.6 cm³/mol. The van der Waals surface area contributed by atoms with E-state index >= 15 is 0 Å². The van der Waals surface area contributed by atoms with E-state index in [0.29, 0.717) is 6.54 Å². The van der Waals surface area contributed by atoms with Gasteiger partial charge in [-0.1, -0.05) is 11.6 Å². The highest BCUT2D eigenvalue weighted by Crippen LogP contribution is 2.35. The van der Waals surface area contributed by atoms with E-state index < -0.39 is 0 Å². The summed E-state index contributed by atoms with van der Waals surface area (Å²) in [6.07, 6.45) is 0. The summed E-state index contributed by atoms with van der Waals surface area (Å²) in [4.78, 5) is 6.89. The number of nitrogens with two attached hydrogens (primary N) is 1. The van der Waals surface area contributed by atoms with E-state index in [1.807, 2.05) is 12.1 Å². The Labute approximate surface area is 114 Å². The molecule has 6 heteroatoms. The molecule has 0 unspecified atom stereocenters. The molecule has 1 fully saturated rings. The maximum absolute atomic E-state index is 6.11. The highest BCUT2D eigenvalue weighted by Gasteiger charge is 2.17. The molecule has 2 aromatic rings. The predicted octanol–water partition coefficient (Wildman–Crippen LogP) is 2.25. The summed E-state index contributed by atoms with van der Waals surface area (Å²) in [5, 5.41) is 1.11. The van der Waals surface area contributed by atoms with E-state index in [1.54, 1.807) is 11.3 Å². The molecule has 1 saturated heterocycles. The van der Waals surface area contributed by atoms with Crippen LogP contribution in [0.15, 0.2) is 12.1 Å². The summed E-state index contributed by atoms with van der Waals surface area (Å²) >= 11 is 7.68. The first-order valence-corrected chi connectivity index (χ1v) is 7.09. The Morgan fingerprint density at radius 1 is 1.39 bits per heavy atom. The molecule has 2 aromatic heterocycles. The molecule has 1 aliphatic rings. The number of hydrogen-bond acceptors (Lipinski definition) is 5. The van der Waals surface area contributed by atoms with Crippen LogP contribution >= 0.6 is 22.9 Å². The molecule has 18 heavy (non-hydrogen) atoms. The van der Waals surface area contributed by atoms with Crippen LogP contribution in [0.5, 0.6) is 0 Å². The number of halogens is 1. The van der Waals surface area contributed by atoms with Gasteiger partial charge in [0.25, 0.3) is 0 Å². The Hall–Kier alpha value is -0.880. The van der Waals surface area contributed by atoms with Crippen molar-refractivity contribution in [1.82, 2.24) is 4.98 Å². The molecule has 0 amide bonds. The standard InChI is InChI=1S/C12H14ClN3OS/c13-11-6-9-10(18-11)5-8(7-14)15-12(9)16-1-3-17-4-2-16/h5-6H,1-4,7,14H2. The third kappa shape index (κ3) is 2.19. The van der Waals surface area contributed by atoms with Gasteiger partial charge in [0.05, 0.1) is 23.2 Å². The van der Waals surface area contributed by atoms with Crippen molar-refractivity contribution >= 4 is 38.8 Å². The van der Waals surface area contributed by atoms with Crippen molar-refractivity contribution in [3.05, 3.63) is 22.2 Å². The molecule has 3 rings (SSSR count). The fraction of sp³-hybridized carbons (Fsp3) is 0.417. The van der Waals surface area contributed by atoms with Crippen LogP contribution < -0.4 is 10.6 Å². The van der Waals surface area contributed by atoms with Gasteiger partial charge in [-0.3, -0.25) is 0 Å². The molecular formula is C12H14ClN3OS. The van der Waals surface area contributed by atoms with Gasteiger partial charge in [-0.25, -0.2) is 4.98 Å². The van der Waals surface area contributed by atoms with Crippen LogP contribution in [0.2, 0.25) is 4.34 Å². The Morgan fingerprint density at radius 2 is 2.17 bits per heavy atom. The topological polar surface area (TPSA) is 51.4 Å². The zero-order valence-corrected chi connectivity index (χ0v) is 11.4. The minimum Gasteiger partial charge on any atom is -0.378 e. The average Bonchev–Trinajstić information content (AvgIpc) is 2.78. The Balaban J connectivity index is 2.12. The van der Waals surface area contributed by atoms with Crippen LogP contribution in [0.3, 0.4) is 0 Å². The molecule has 0 spiro atoms.